The Morgan fingerprint density at radius 3 is 2.39 bits per heavy atom. The molecule has 31 heavy (non-hydrogen) atoms. The highest BCUT2D eigenvalue weighted by Gasteiger charge is 2.27. The molecule has 2 aromatic carbocycles. The minimum Gasteiger partial charge on any atom is -0.331 e. The molecule has 1 unspecified atom stereocenters. The van der Waals surface area contributed by atoms with Crippen LogP contribution in [0.3, 0.4) is 0 Å². The average molecular weight is 444 g/mol. The summed E-state index contributed by atoms with van der Waals surface area (Å²) in [5.74, 6) is -2.63. The number of amides is 1. The van der Waals surface area contributed by atoms with Crippen molar-refractivity contribution in [2.45, 2.75) is 13.1 Å². The van der Waals surface area contributed by atoms with E-state index in [1.165, 1.54) is 25.1 Å². The highest BCUT2D eigenvalue weighted by molar-refractivity contribution is 6.30. The van der Waals surface area contributed by atoms with Crippen molar-refractivity contribution in [3.05, 3.63) is 103 Å². The van der Waals surface area contributed by atoms with E-state index in [2.05, 4.69) is 5.32 Å². The van der Waals surface area contributed by atoms with Crippen molar-refractivity contribution in [2.75, 3.05) is 0 Å². The summed E-state index contributed by atoms with van der Waals surface area (Å²) in [6.45, 7) is 1.34. The number of hydrogen-bond acceptors (Lipinski definition) is 5. The molecular formula is C21H15ClFN3O5. The highest BCUT2D eigenvalue weighted by atomic mass is 35.5. The number of ketones is 1. The van der Waals surface area contributed by atoms with Crippen molar-refractivity contribution in [1.82, 2.24) is 14.5 Å². The van der Waals surface area contributed by atoms with Crippen LogP contribution in [0.5, 0.6) is 0 Å². The zero-order chi connectivity index (χ0) is 22.7. The molecular weight excluding hydrogens is 429 g/mol. The molecule has 0 aliphatic carbocycles. The molecule has 0 fully saturated rings. The lowest BCUT2D eigenvalue weighted by atomic mass is 10.1. The Kier molecular flexibility index (Phi) is 6.26. The summed E-state index contributed by atoms with van der Waals surface area (Å²) < 4.78 is 14.9. The van der Waals surface area contributed by atoms with Gasteiger partial charge in [0.15, 0.2) is 6.17 Å². The van der Waals surface area contributed by atoms with E-state index in [1.807, 2.05) is 0 Å². The molecule has 0 spiro atoms. The Morgan fingerprint density at radius 2 is 1.77 bits per heavy atom. The molecule has 0 bridgehead atoms. The third-order valence-electron chi connectivity index (χ3n) is 4.47. The predicted molar refractivity (Wildman–Crippen MR) is 110 cm³/mol. The minimum atomic E-state index is -1.64. The molecule has 10 heteroatoms. The van der Waals surface area contributed by atoms with Gasteiger partial charge in [-0.05, 0) is 37.3 Å². The summed E-state index contributed by atoms with van der Waals surface area (Å²) >= 11 is 5.63. The number of rotatable bonds is 6. The second kappa shape index (κ2) is 8.88. The Hall–Kier alpha value is -3.85. The first-order valence-corrected chi connectivity index (χ1v) is 9.27. The predicted octanol–water partition coefficient (Wildman–Crippen LogP) is 1.93. The zero-order valence-corrected chi connectivity index (χ0v) is 16.8. The number of benzene rings is 2. The van der Waals surface area contributed by atoms with Gasteiger partial charge in [-0.1, -0.05) is 29.8 Å². The van der Waals surface area contributed by atoms with Gasteiger partial charge >= 0.3 is 5.69 Å². The number of Topliss-reactive ketones (excluding diaryl/α,β-unsaturated/α-hetero) is 1. The number of nitrogens with zero attached hydrogens (tertiary/aromatic N) is 2. The van der Waals surface area contributed by atoms with Gasteiger partial charge in [0.2, 0.25) is 12.2 Å². The number of aromatic nitrogens is 2. The lowest BCUT2D eigenvalue weighted by Gasteiger charge is -2.19. The summed E-state index contributed by atoms with van der Waals surface area (Å²) in [6, 6.07) is 10.8. The van der Waals surface area contributed by atoms with Gasteiger partial charge in [-0.3, -0.25) is 23.7 Å². The van der Waals surface area contributed by atoms with Crippen LogP contribution in [-0.4, -0.2) is 27.2 Å². The van der Waals surface area contributed by atoms with Crippen LogP contribution >= 0.6 is 11.6 Å². The van der Waals surface area contributed by atoms with E-state index in [-0.39, 0.29) is 28.1 Å². The van der Waals surface area contributed by atoms with Crippen molar-refractivity contribution in [1.29, 1.82) is 0 Å². The van der Waals surface area contributed by atoms with E-state index in [0.29, 0.717) is 4.57 Å². The third-order valence-corrected chi connectivity index (χ3v) is 4.77. The second-order valence-electron chi connectivity index (χ2n) is 6.49. The molecule has 0 saturated carbocycles. The summed E-state index contributed by atoms with van der Waals surface area (Å²) in [5, 5.41) is 1.96. The molecule has 3 aromatic rings. The number of nitrogens with one attached hydrogen (secondary N) is 1. The molecule has 0 saturated heterocycles. The minimum absolute atomic E-state index is 0.0309. The Morgan fingerprint density at radius 1 is 1.10 bits per heavy atom. The van der Waals surface area contributed by atoms with Crippen molar-refractivity contribution >= 4 is 29.7 Å². The first-order chi connectivity index (χ1) is 14.8. The van der Waals surface area contributed by atoms with E-state index in [4.69, 9.17) is 11.6 Å². The van der Waals surface area contributed by atoms with Gasteiger partial charge in [-0.2, -0.15) is 4.57 Å². The van der Waals surface area contributed by atoms with Gasteiger partial charge in [0.1, 0.15) is 5.82 Å². The molecule has 1 heterocycles. The largest absolute Gasteiger partial charge is 0.340 e. The van der Waals surface area contributed by atoms with Gasteiger partial charge in [0.05, 0.1) is 5.02 Å². The maximum atomic E-state index is 13.8. The smallest absolute Gasteiger partial charge is 0.331 e. The molecule has 1 amide bonds. The topological polar surface area (TPSA) is 107 Å². The van der Waals surface area contributed by atoms with Crippen molar-refractivity contribution in [3.63, 3.8) is 0 Å². The molecule has 0 aliphatic rings. The van der Waals surface area contributed by atoms with Gasteiger partial charge in [-0.25, -0.2) is 9.18 Å². The van der Waals surface area contributed by atoms with Gasteiger partial charge in [-0.15, -0.1) is 0 Å². The Bertz CT molecular complexity index is 1300. The SMILES string of the molecule is Cc1cn(C(NC=O)C(=O)c2ccc(Cl)c(F)c2)c(=O)n(C(=O)c2ccccc2)c1=O. The summed E-state index contributed by atoms with van der Waals surface area (Å²) in [6.07, 6.45) is -0.421. The molecule has 158 valence electrons. The van der Waals surface area contributed by atoms with Gasteiger partial charge in [0, 0.05) is 22.9 Å². The molecule has 1 N–H and O–H groups in total. The van der Waals surface area contributed by atoms with Crippen LogP contribution in [-0.2, 0) is 4.79 Å². The monoisotopic (exact) mass is 443 g/mol. The standard InChI is InChI=1S/C21H15ClFN3O5/c1-12-10-25(18(24-11-27)17(28)14-7-8-15(22)16(23)9-14)21(31)26(19(12)29)20(30)13-5-3-2-4-6-13/h2-11,18H,1H3,(H,24,27). The number of hydrogen-bond donors (Lipinski definition) is 1. The lowest BCUT2D eigenvalue weighted by molar-refractivity contribution is -0.110. The summed E-state index contributed by atoms with van der Waals surface area (Å²) in [7, 11) is 0. The van der Waals surface area contributed by atoms with Crippen LogP contribution in [0.1, 0.15) is 32.4 Å². The normalized spacial score (nSPS) is 11.6. The van der Waals surface area contributed by atoms with Crippen LogP contribution in [0.2, 0.25) is 5.02 Å². The van der Waals surface area contributed by atoms with E-state index in [0.717, 1.165) is 22.9 Å². The first kappa shape index (κ1) is 21.8. The molecule has 0 aliphatic heterocycles. The summed E-state index contributed by atoms with van der Waals surface area (Å²) in [5.41, 5.74) is -2.16. The number of carbonyl (C=O) groups excluding carboxylic acids is 3. The summed E-state index contributed by atoms with van der Waals surface area (Å²) in [4.78, 5) is 62.5. The van der Waals surface area contributed by atoms with Crippen molar-refractivity contribution in [3.8, 4) is 0 Å². The second-order valence-corrected chi connectivity index (χ2v) is 6.90. The van der Waals surface area contributed by atoms with E-state index in [9.17, 15) is 28.4 Å². The zero-order valence-electron chi connectivity index (χ0n) is 16.0. The average Bonchev–Trinajstić information content (AvgIpc) is 2.77. The van der Waals surface area contributed by atoms with Crippen molar-refractivity contribution in [2.24, 2.45) is 0 Å². The molecule has 1 aromatic heterocycles. The Labute approximate surface area is 179 Å². The maximum absolute atomic E-state index is 13.8. The highest BCUT2D eigenvalue weighted by Crippen LogP contribution is 2.18. The fourth-order valence-corrected chi connectivity index (χ4v) is 3.04. The number of aryl methyl sites for hydroxylation is 1. The molecule has 3 rings (SSSR count). The first-order valence-electron chi connectivity index (χ1n) is 8.89. The number of halogens is 2. The van der Waals surface area contributed by atoms with Crippen LogP contribution in [0.25, 0.3) is 0 Å². The Balaban J connectivity index is 2.18. The lowest BCUT2D eigenvalue weighted by Crippen LogP contribution is -2.49. The maximum Gasteiger partial charge on any atom is 0.340 e. The van der Waals surface area contributed by atoms with Crippen LogP contribution in [0, 0.1) is 12.7 Å². The van der Waals surface area contributed by atoms with E-state index < -0.39 is 34.9 Å². The van der Waals surface area contributed by atoms with Crippen LogP contribution in [0.4, 0.5) is 4.39 Å². The molecule has 8 nitrogen and oxygen atoms in total. The fraction of sp³-hybridized carbons (Fsp3) is 0.0952. The molecule has 0 radical (unpaired) electrons. The van der Waals surface area contributed by atoms with Gasteiger partial charge in [0.25, 0.3) is 11.5 Å². The van der Waals surface area contributed by atoms with E-state index >= 15 is 0 Å². The fourth-order valence-electron chi connectivity index (χ4n) is 2.93. The van der Waals surface area contributed by atoms with Crippen LogP contribution in [0.15, 0.2) is 64.3 Å². The van der Waals surface area contributed by atoms with E-state index in [1.54, 1.807) is 18.2 Å². The third kappa shape index (κ3) is 4.22. The van der Waals surface area contributed by atoms with Crippen molar-refractivity contribution < 1.29 is 18.8 Å². The van der Waals surface area contributed by atoms with Crippen LogP contribution < -0.4 is 16.6 Å². The molecule has 1 atom stereocenters. The van der Waals surface area contributed by atoms with Gasteiger partial charge < -0.3 is 5.32 Å². The number of carbonyl (C=O) groups is 3. The quantitative estimate of drug-likeness (QED) is 0.462.